The van der Waals surface area contributed by atoms with Gasteiger partial charge in [-0.3, -0.25) is 52.8 Å². The summed E-state index contributed by atoms with van der Waals surface area (Å²) in [6, 6.07) is -13.0. The van der Waals surface area contributed by atoms with Crippen molar-refractivity contribution in [2.75, 3.05) is 49.3 Å². The number of aliphatic hydroxyl groups excluding tert-OH is 1. The third-order valence-electron chi connectivity index (χ3n) is 18.2. The first-order chi connectivity index (χ1) is 41.3. The Morgan fingerprint density at radius 1 is 0.511 bits per heavy atom. The second-order valence-electron chi connectivity index (χ2n) is 28.6. The second-order valence-corrected chi connectivity index (χ2v) is 28.6. The lowest BCUT2D eigenvalue weighted by molar-refractivity contribution is -0.157. The molecule has 10 amide bonds. The van der Waals surface area contributed by atoms with Gasteiger partial charge in [-0.1, -0.05) is 102 Å². The van der Waals surface area contributed by atoms with Crippen molar-refractivity contribution >= 4 is 59.1 Å². The maximum absolute atomic E-state index is 15.3. The highest BCUT2D eigenvalue weighted by Crippen LogP contribution is 2.28. The van der Waals surface area contributed by atoms with Gasteiger partial charge in [-0.05, 0) is 142 Å². The summed E-state index contributed by atoms with van der Waals surface area (Å²) in [4.78, 5) is 158. The molecule has 0 aromatic carbocycles. The molecular formula is C67H123N11O12. The number of carbonyl (C=O) groups is 10. The molecule has 1 heterocycles. The molecule has 0 aromatic heterocycles. The molecule has 0 spiro atoms. The summed E-state index contributed by atoms with van der Waals surface area (Å²) in [5.41, 5.74) is -1.15. The highest BCUT2D eigenvalue weighted by Gasteiger charge is 2.46. The molecule has 90 heavy (non-hydrogen) atoms. The normalized spacial score (nSPS) is 28.4. The molecule has 0 saturated carbocycles. The minimum Gasteiger partial charge on any atom is -0.390 e. The maximum atomic E-state index is 15.3. The summed E-state index contributed by atoms with van der Waals surface area (Å²) in [7, 11) is 10.5. The Hall–Kier alpha value is -5.68. The number of rotatable bonds is 17. The van der Waals surface area contributed by atoms with Crippen LogP contribution in [0, 0.1) is 41.4 Å². The van der Waals surface area contributed by atoms with Crippen molar-refractivity contribution in [2.45, 2.75) is 268 Å². The Morgan fingerprint density at radius 3 is 1.46 bits per heavy atom. The first-order valence-corrected chi connectivity index (χ1v) is 32.9. The van der Waals surface area contributed by atoms with E-state index in [2.05, 4.69) is 21.3 Å². The molecule has 1 saturated heterocycles. The van der Waals surface area contributed by atoms with Crippen LogP contribution in [0.5, 0.6) is 0 Å². The zero-order valence-corrected chi connectivity index (χ0v) is 60.3. The van der Waals surface area contributed by atoms with E-state index in [1.807, 2.05) is 66.4 Å². The predicted octanol–water partition coefficient (Wildman–Crippen LogP) is 4.66. The fourth-order valence-corrected chi connectivity index (χ4v) is 11.8. The van der Waals surface area contributed by atoms with Crippen molar-refractivity contribution in [1.82, 2.24) is 55.6 Å². The van der Waals surface area contributed by atoms with Crippen LogP contribution in [0.25, 0.3) is 0 Å². The smallest absolute Gasteiger partial charge is 0.246 e. The van der Waals surface area contributed by atoms with Crippen LogP contribution in [0.3, 0.4) is 0 Å². The Kier molecular flexibility index (Phi) is 33.4. The van der Waals surface area contributed by atoms with Crippen molar-refractivity contribution in [3.8, 4) is 0 Å². The summed E-state index contributed by atoms with van der Waals surface area (Å²) in [6.07, 6.45) is 3.69. The number of nitrogens with zero attached hydrogens (tertiary/aromatic N) is 7. The van der Waals surface area contributed by atoms with E-state index in [0.717, 1.165) is 9.80 Å². The average molecular weight is 1270 g/mol. The lowest BCUT2D eigenvalue weighted by Gasteiger charge is -2.42. The minimum atomic E-state index is -1.61. The van der Waals surface area contributed by atoms with Crippen LogP contribution in [-0.2, 0) is 47.9 Å². The lowest BCUT2D eigenvalue weighted by atomic mass is 9.89. The lowest BCUT2D eigenvalue weighted by Crippen LogP contribution is -2.64. The van der Waals surface area contributed by atoms with Crippen LogP contribution in [-0.4, -0.2) is 237 Å². The van der Waals surface area contributed by atoms with Gasteiger partial charge in [0, 0.05) is 54.4 Å². The van der Waals surface area contributed by atoms with Gasteiger partial charge in [-0.15, -0.1) is 0 Å². The van der Waals surface area contributed by atoms with Gasteiger partial charge in [-0.2, -0.15) is 0 Å². The Labute approximate surface area is 541 Å². The third kappa shape index (κ3) is 22.9. The fourth-order valence-electron chi connectivity index (χ4n) is 11.8. The topological polar surface area (TPSA) is 282 Å². The van der Waals surface area contributed by atoms with Gasteiger partial charge in [0.2, 0.25) is 59.1 Å². The second kappa shape index (κ2) is 36.5. The minimum absolute atomic E-state index is 0.00199. The van der Waals surface area contributed by atoms with E-state index < -0.39 is 161 Å². The molecule has 15 atom stereocenters. The molecule has 1 aliphatic rings. The molecule has 0 bridgehead atoms. The van der Waals surface area contributed by atoms with Crippen LogP contribution < -0.4 is 21.3 Å². The molecule has 0 radical (unpaired) electrons. The van der Waals surface area contributed by atoms with Crippen LogP contribution in [0.15, 0.2) is 12.2 Å². The predicted molar refractivity (Wildman–Crippen MR) is 353 cm³/mol. The molecule has 1 aliphatic heterocycles. The third-order valence-corrected chi connectivity index (χ3v) is 18.2. The monoisotopic (exact) mass is 1270 g/mol. The van der Waals surface area contributed by atoms with Crippen molar-refractivity contribution in [2.24, 2.45) is 41.4 Å². The van der Waals surface area contributed by atoms with Gasteiger partial charge in [0.05, 0.1) is 17.7 Å². The molecule has 23 nitrogen and oxygen atoms in total. The van der Waals surface area contributed by atoms with Gasteiger partial charge in [0.15, 0.2) is 0 Å². The molecular weight excluding hydrogens is 1150 g/mol. The van der Waals surface area contributed by atoms with Gasteiger partial charge in [0.25, 0.3) is 0 Å². The molecule has 1 fully saturated rings. The first-order valence-electron chi connectivity index (χ1n) is 32.9. The zero-order chi connectivity index (χ0) is 70.1. The zero-order valence-electron chi connectivity index (χ0n) is 60.3. The van der Waals surface area contributed by atoms with Crippen LogP contribution in [0.2, 0.25) is 0 Å². The fraction of sp³-hybridized carbons (Fsp3) is 0.821. The number of allylic oxidation sites excluding steroid dienone is 2. The van der Waals surface area contributed by atoms with Crippen LogP contribution >= 0.6 is 0 Å². The van der Waals surface area contributed by atoms with Crippen molar-refractivity contribution in [1.29, 1.82) is 0 Å². The molecule has 1 unspecified atom stereocenters. The Morgan fingerprint density at radius 2 is 0.978 bits per heavy atom. The summed E-state index contributed by atoms with van der Waals surface area (Å²) >= 11 is 0. The quantitative estimate of drug-likeness (QED) is 0.108. The number of likely N-dealkylation sites (N-methyl/N-ethyl adjacent to an activating group) is 7. The molecule has 23 heteroatoms. The Bertz CT molecular complexity index is 2430. The molecule has 1 rings (SSSR count). The van der Waals surface area contributed by atoms with Crippen molar-refractivity contribution in [3.05, 3.63) is 12.2 Å². The van der Waals surface area contributed by atoms with E-state index in [1.165, 1.54) is 68.7 Å². The number of nitrogens with one attached hydrogen (secondary N) is 4. The van der Waals surface area contributed by atoms with Gasteiger partial charge in [0.1, 0.15) is 54.4 Å². The number of aliphatic hydroxyl groups is 2. The van der Waals surface area contributed by atoms with E-state index in [0.29, 0.717) is 12.8 Å². The van der Waals surface area contributed by atoms with E-state index in [9.17, 15) is 43.8 Å². The van der Waals surface area contributed by atoms with Crippen LogP contribution in [0.1, 0.15) is 183 Å². The van der Waals surface area contributed by atoms with Crippen molar-refractivity contribution < 1.29 is 58.2 Å². The molecule has 0 aromatic rings. The largest absolute Gasteiger partial charge is 0.390 e. The average Bonchev–Trinajstić information content (AvgIpc) is 1.24. The number of amides is 10. The van der Waals surface area contributed by atoms with Gasteiger partial charge >= 0.3 is 0 Å². The van der Waals surface area contributed by atoms with E-state index in [4.69, 9.17) is 0 Å². The van der Waals surface area contributed by atoms with Gasteiger partial charge < -0.3 is 60.9 Å². The van der Waals surface area contributed by atoms with E-state index >= 15 is 14.4 Å². The van der Waals surface area contributed by atoms with E-state index in [1.54, 1.807) is 89.4 Å². The van der Waals surface area contributed by atoms with Crippen LogP contribution in [0.4, 0.5) is 0 Å². The van der Waals surface area contributed by atoms with Gasteiger partial charge in [-0.25, -0.2) is 0 Å². The summed E-state index contributed by atoms with van der Waals surface area (Å²) in [5, 5.41) is 34.6. The van der Waals surface area contributed by atoms with Crippen molar-refractivity contribution in [3.63, 3.8) is 0 Å². The summed E-state index contributed by atoms with van der Waals surface area (Å²) in [6.45, 7) is 35.4. The summed E-state index contributed by atoms with van der Waals surface area (Å²) in [5.74, 6) is -8.85. The summed E-state index contributed by atoms with van der Waals surface area (Å²) < 4.78 is 0. The SMILES string of the molecule is C/C=C/C[C@@H](C)[C@@H](O)[C@H]1C(=O)N[C@@H](CC)C(=O)N(C)[C@H](C)C(=O)N(C)[C@@H]([C@H](C)CCC(C)(C)O)C(=O)N[C@@H](C(C)C)C(=O)N(C)[C@@H](CC(C)C)C(=O)N[C@@H](C)C(=O)N[C@H](C)C(C)N(C)[C@@H](CC(C)C)C(=O)N(C)[C@@H](CC(C)C)C(=O)N(C)[C@@H](C(C)C)C(=O)N1C. The maximum Gasteiger partial charge on any atom is 0.246 e. The van der Waals surface area contributed by atoms with E-state index in [-0.39, 0.29) is 55.8 Å². The number of carbonyl (C=O) groups excluding carboxylic acids is 10. The first kappa shape index (κ1) is 82.3. The highest BCUT2D eigenvalue weighted by atomic mass is 16.3. The Balaban J connectivity index is 4.45. The standard InChI is InChI=1S/C67H123N11O12/c1-28-30-31-43(14)56(79)55-60(83)70-48(29-2)62(85)73(22)47(18)61(84)77(26)54(42(13)32-33-67(19,20)90)59(82)71-52(40(9)10)65(88)74(23)49(34-37(3)4)58(81)69-45(16)57(80)68-44(15)46(17)72(21)50(35-38(5)6)63(86)75(24)51(36-39(7)8)64(87)76(25)53(41(11)12)66(89)78(55)27/h28,30,37-56,79,90H,29,31-36H2,1-27H3,(H,68,80)(H,69,81)(H,70,83)(H,71,82)/b30-28+/t42-,43-,44-,45+,46?,47-,48+,49+,50+,51+,52+,53+,54+,55+,56-/m1/s1. The number of hydrogen-bond acceptors (Lipinski definition) is 13. The highest BCUT2D eigenvalue weighted by molar-refractivity contribution is 5.99. The molecule has 6 N–H and O–H groups in total. The molecule has 518 valence electrons. The number of hydrogen-bond donors (Lipinski definition) is 6. The molecule has 0 aliphatic carbocycles.